The Balaban J connectivity index is 2.00. The van der Waals surface area contributed by atoms with E-state index in [2.05, 4.69) is 10.5 Å². The Morgan fingerprint density at radius 1 is 1.12 bits per heavy atom. The molecule has 5 nitrogen and oxygen atoms in total. The number of carbonyl (C=O) groups is 1. The first kappa shape index (κ1) is 14.8. The van der Waals surface area contributed by atoms with Crippen LogP contribution in [0.2, 0.25) is 5.02 Å². The molecule has 0 saturated carbocycles. The van der Waals surface area contributed by atoms with Crippen LogP contribution in [0.1, 0.15) is 11.1 Å². The standard InChI is InChI=1S/C18H14ClN3O2/c1-22-17-11(7-5-8-12(17)19)14(18(22)23)16-15(21-24-2)10-6-3-4-9-13(10)20-16/h3-9,20H,1-2H3/b16-14-,21-15-. The van der Waals surface area contributed by atoms with Gasteiger partial charge in [0.05, 0.1) is 22.0 Å². The second-order valence-corrected chi connectivity index (χ2v) is 5.95. The molecule has 0 bridgehead atoms. The van der Waals surface area contributed by atoms with Gasteiger partial charge in [-0.2, -0.15) is 0 Å². The van der Waals surface area contributed by atoms with Crippen LogP contribution in [0, 0.1) is 0 Å². The third-order valence-corrected chi connectivity index (χ3v) is 4.53. The summed E-state index contributed by atoms with van der Waals surface area (Å²) < 4.78 is 0. The SMILES string of the molecule is CO/N=C1\C(=C2\C(=O)N(C)c3c(Cl)cccc32)Nc2ccccc21. The van der Waals surface area contributed by atoms with Crippen molar-refractivity contribution in [3.05, 3.63) is 64.3 Å². The molecule has 2 heterocycles. The topological polar surface area (TPSA) is 53.9 Å². The van der Waals surface area contributed by atoms with E-state index < -0.39 is 0 Å². The van der Waals surface area contributed by atoms with Crippen LogP contribution < -0.4 is 10.2 Å². The second kappa shape index (κ2) is 5.39. The molecule has 0 unspecified atom stereocenters. The zero-order valence-corrected chi connectivity index (χ0v) is 13.9. The minimum absolute atomic E-state index is 0.128. The van der Waals surface area contributed by atoms with Gasteiger partial charge in [0.15, 0.2) is 0 Å². The fourth-order valence-corrected chi connectivity index (χ4v) is 3.48. The smallest absolute Gasteiger partial charge is 0.260 e. The maximum absolute atomic E-state index is 12.9. The molecular formula is C18H14ClN3O2. The molecule has 2 aromatic rings. The van der Waals surface area contributed by atoms with Crippen LogP contribution in [0.4, 0.5) is 11.4 Å². The van der Waals surface area contributed by atoms with E-state index in [1.165, 1.54) is 7.11 Å². The molecule has 0 saturated heterocycles. The highest BCUT2D eigenvalue weighted by molar-refractivity contribution is 6.43. The highest BCUT2D eigenvalue weighted by atomic mass is 35.5. The Labute approximate surface area is 144 Å². The first-order valence-corrected chi connectivity index (χ1v) is 7.80. The van der Waals surface area contributed by atoms with Crippen molar-refractivity contribution in [2.24, 2.45) is 5.16 Å². The van der Waals surface area contributed by atoms with E-state index in [9.17, 15) is 4.79 Å². The number of nitrogens with zero attached hydrogens (tertiary/aromatic N) is 2. The van der Waals surface area contributed by atoms with Crippen molar-refractivity contribution < 1.29 is 9.63 Å². The number of fused-ring (bicyclic) bond motifs is 2. The fourth-order valence-electron chi connectivity index (χ4n) is 3.18. The summed E-state index contributed by atoms with van der Waals surface area (Å²) in [4.78, 5) is 19.4. The quantitative estimate of drug-likeness (QED) is 0.639. The van der Waals surface area contributed by atoms with Gasteiger partial charge in [-0.05, 0) is 12.1 Å². The van der Waals surface area contributed by atoms with E-state index in [0.29, 0.717) is 27.7 Å². The first-order chi connectivity index (χ1) is 11.6. The van der Waals surface area contributed by atoms with E-state index in [0.717, 1.165) is 16.8 Å². The summed E-state index contributed by atoms with van der Waals surface area (Å²) in [6.45, 7) is 0. The lowest BCUT2D eigenvalue weighted by molar-refractivity contribution is -0.112. The Hall–Kier alpha value is -2.79. The zero-order valence-electron chi connectivity index (χ0n) is 13.1. The first-order valence-electron chi connectivity index (χ1n) is 7.42. The van der Waals surface area contributed by atoms with Crippen molar-refractivity contribution in [2.45, 2.75) is 0 Å². The highest BCUT2D eigenvalue weighted by Gasteiger charge is 2.38. The molecule has 24 heavy (non-hydrogen) atoms. The fraction of sp³-hybridized carbons (Fsp3) is 0.111. The number of carbonyl (C=O) groups excluding carboxylic acids is 1. The van der Waals surface area contributed by atoms with Crippen LogP contribution in [0.25, 0.3) is 5.57 Å². The lowest BCUT2D eigenvalue weighted by Crippen LogP contribution is -2.22. The maximum Gasteiger partial charge on any atom is 0.260 e. The van der Waals surface area contributed by atoms with Gasteiger partial charge in [0, 0.05) is 23.9 Å². The molecule has 6 heteroatoms. The summed E-state index contributed by atoms with van der Waals surface area (Å²) in [5.41, 5.74) is 5.07. The Bertz CT molecular complexity index is 934. The van der Waals surface area contributed by atoms with Crippen molar-refractivity contribution >= 4 is 40.2 Å². The molecule has 0 aliphatic carbocycles. The molecular weight excluding hydrogens is 326 g/mol. The van der Waals surface area contributed by atoms with Crippen LogP contribution in [0.3, 0.4) is 0 Å². The molecule has 2 aliphatic heterocycles. The molecule has 0 aromatic heterocycles. The summed E-state index contributed by atoms with van der Waals surface area (Å²) in [6.07, 6.45) is 0. The Morgan fingerprint density at radius 3 is 2.67 bits per heavy atom. The molecule has 1 N–H and O–H groups in total. The number of hydrogen-bond acceptors (Lipinski definition) is 4. The molecule has 0 atom stereocenters. The van der Waals surface area contributed by atoms with Crippen LogP contribution in [0.15, 0.2) is 53.3 Å². The van der Waals surface area contributed by atoms with E-state index in [-0.39, 0.29) is 5.91 Å². The summed E-state index contributed by atoms with van der Waals surface area (Å²) in [5.74, 6) is -0.128. The third kappa shape index (κ3) is 1.95. The number of para-hydroxylation sites is 2. The van der Waals surface area contributed by atoms with Gasteiger partial charge >= 0.3 is 0 Å². The Kier molecular flexibility index (Phi) is 3.32. The predicted octanol–water partition coefficient (Wildman–Crippen LogP) is 3.50. The van der Waals surface area contributed by atoms with Crippen molar-refractivity contribution in [1.82, 2.24) is 0 Å². The number of likely N-dealkylation sites (N-methyl/N-ethyl adjacent to an activating group) is 1. The highest BCUT2D eigenvalue weighted by Crippen LogP contribution is 2.44. The third-order valence-electron chi connectivity index (χ3n) is 4.22. The number of rotatable bonds is 1. The summed E-state index contributed by atoms with van der Waals surface area (Å²) in [6, 6.07) is 13.2. The van der Waals surface area contributed by atoms with Crippen molar-refractivity contribution in [3.8, 4) is 0 Å². The number of amides is 1. The van der Waals surface area contributed by atoms with Gasteiger partial charge in [0.2, 0.25) is 0 Å². The maximum atomic E-state index is 12.9. The predicted molar refractivity (Wildman–Crippen MR) is 95.4 cm³/mol. The number of oxime groups is 1. The average Bonchev–Trinajstić information content (AvgIpc) is 3.05. The molecule has 2 aromatic carbocycles. The van der Waals surface area contributed by atoms with Crippen LogP contribution >= 0.6 is 11.6 Å². The monoisotopic (exact) mass is 339 g/mol. The molecule has 0 fully saturated rings. The number of benzene rings is 2. The zero-order chi connectivity index (χ0) is 16.8. The van der Waals surface area contributed by atoms with Crippen molar-refractivity contribution in [2.75, 3.05) is 24.4 Å². The van der Waals surface area contributed by atoms with E-state index in [4.69, 9.17) is 16.4 Å². The van der Waals surface area contributed by atoms with Gasteiger partial charge < -0.3 is 15.1 Å². The second-order valence-electron chi connectivity index (χ2n) is 5.54. The van der Waals surface area contributed by atoms with Gasteiger partial charge in [-0.3, -0.25) is 4.79 Å². The van der Waals surface area contributed by atoms with Gasteiger partial charge in [-0.25, -0.2) is 0 Å². The average molecular weight is 340 g/mol. The summed E-state index contributed by atoms with van der Waals surface area (Å²) in [5, 5.41) is 7.98. The lowest BCUT2D eigenvalue weighted by atomic mass is 10.0. The molecule has 0 spiro atoms. The van der Waals surface area contributed by atoms with Crippen molar-refractivity contribution in [1.29, 1.82) is 0 Å². The number of allylic oxidation sites excluding steroid dienone is 1. The van der Waals surface area contributed by atoms with Gasteiger partial charge in [0.25, 0.3) is 5.91 Å². The van der Waals surface area contributed by atoms with Crippen LogP contribution in [-0.4, -0.2) is 25.8 Å². The molecule has 120 valence electrons. The normalized spacial score (nSPS) is 20.2. The van der Waals surface area contributed by atoms with Crippen LogP contribution in [-0.2, 0) is 9.63 Å². The number of anilines is 2. The Morgan fingerprint density at radius 2 is 1.88 bits per heavy atom. The summed E-state index contributed by atoms with van der Waals surface area (Å²) in [7, 11) is 3.21. The molecule has 2 aliphatic rings. The summed E-state index contributed by atoms with van der Waals surface area (Å²) >= 11 is 6.30. The van der Waals surface area contributed by atoms with E-state index >= 15 is 0 Å². The minimum atomic E-state index is -0.128. The van der Waals surface area contributed by atoms with E-state index in [1.807, 2.05) is 36.4 Å². The van der Waals surface area contributed by atoms with Gasteiger partial charge in [-0.1, -0.05) is 47.1 Å². The van der Waals surface area contributed by atoms with Gasteiger partial charge in [-0.15, -0.1) is 0 Å². The molecule has 4 rings (SSSR count). The molecule has 0 radical (unpaired) electrons. The lowest BCUT2D eigenvalue weighted by Gasteiger charge is -2.10. The number of halogens is 1. The van der Waals surface area contributed by atoms with Gasteiger partial charge in [0.1, 0.15) is 12.8 Å². The largest absolute Gasteiger partial charge is 0.399 e. The van der Waals surface area contributed by atoms with E-state index in [1.54, 1.807) is 18.0 Å². The molecule has 1 amide bonds. The minimum Gasteiger partial charge on any atom is -0.399 e. The van der Waals surface area contributed by atoms with Crippen molar-refractivity contribution in [3.63, 3.8) is 0 Å². The number of nitrogens with one attached hydrogen (secondary N) is 1. The number of hydrogen-bond donors (Lipinski definition) is 1. The van der Waals surface area contributed by atoms with Crippen LogP contribution in [0.5, 0.6) is 0 Å².